The number of hydrogen-bond acceptors (Lipinski definition) is 3. The first-order valence-electron chi connectivity index (χ1n) is 5.72. The van der Waals surface area contributed by atoms with E-state index in [1.54, 1.807) is 6.07 Å². The van der Waals surface area contributed by atoms with Gasteiger partial charge in [-0.1, -0.05) is 11.6 Å². The summed E-state index contributed by atoms with van der Waals surface area (Å²) in [6, 6.07) is 5.39. The molecule has 0 spiro atoms. The van der Waals surface area contributed by atoms with Crippen molar-refractivity contribution in [3.8, 4) is 0 Å². The first-order valence-corrected chi connectivity index (χ1v) is 7.18. The maximum atomic E-state index is 11.9. The lowest BCUT2D eigenvalue weighted by Gasteiger charge is -2.23. The van der Waals surface area contributed by atoms with E-state index in [1.807, 2.05) is 12.1 Å². The summed E-state index contributed by atoms with van der Waals surface area (Å²) in [6.45, 7) is 2.24. The Labute approximate surface area is 125 Å². The highest BCUT2D eigenvalue weighted by Crippen LogP contribution is 2.22. The topological polar surface area (TPSA) is 50.4 Å². The molecular formula is C12H14ClIN2O2. The third-order valence-corrected chi connectivity index (χ3v) is 3.75. The number of ether oxygens (including phenoxy) is 1. The Kier molecular flexibility index (Phi) is 5.23. The molecule has 18 heavy (non-hydrogen) atoms. The van der Waals surface area contributed by atoms with Gasteiger partial charge in [0.1, 0.15) is 0 Å². The molecule has 0 aliphatic carbocycles. The average Bonchev–Trinajstić information content (AvgIpc) is 2.34. The number of carbonyl (C=O) groups excluding carboxylic acids is 1. The molecule has 98 valence electrons. The van der Waals surface area contributed by atoms with Crippen LogP contribution in [-0.4, -0.2) is 31.7 Å². The number of amides is 1. The van der Waals surface area contributed by atoms with Crippen LogP contribution in [0, 0.1) is 3.57 Å². The summed E-state index contributed by atoms with van der Waals surface area (Å²) in [5.41, 5.74) is 0.786. The summed E-state index contributed by atoms with van der Waals surface area (Å²) in [6.07, 6.45) is 0.329. The standard InChI is InChI=1S/C12H14ClIN2O2/c13-8-1-2-11(10(14)5-8)16-12(17)6-9-7-15-3-4-18-9/h1-2,5,9,15H,3-4,6-7H2,(H,16,17). The largest absolute Gasteiger partial charge is 0.375 e. The minimum absolute atomic E-state index is 0.0380. The van der Waals surface area contributed by atoms with Crippen LogP contribution in [0.5, 0.6) is 0 Å². The molecule has 1 aromatic carbocycles. The van der Waals surface area contributed by atoms with E-state index in [0.717, 1.165) is 22.3 Å². The lowest BCUT2D eigenvalue weighted by molar-refractivity contribution is -0.119. The molecule has 6 heteroatoms. The van der Waals surface area contributed by atoms with Crippen LogP contribution in [0.2, 0.25) is 5.02 Å². The number of halogens is 2. The van der Waals surface area contributed by atoms with E-state index in [9.17, 15) is 4.79 Å². The van der Waals surface area contributed by atoms with Gasteiger partial charge in [-0.25, -0.2) is 0 Å². The van der Waals surface area contributed by atoms with Crippen molar-refractivity contribution in [1.82, 2.24) is 5.32 Å². The Balaban J connectivity index is 1.90. The minimum atomic E-state index is -0.0382. The van der Waals surface area contributed by atoms with Crippen LogP contribution in [0.1, 0.15) is 6.42 Å². The molecule has 4 nitrogen and oxygen atoms in total. The molecule has 0 saturated carbocycles. The van der Waals surface area contributed by atoms with Crippen molar-refractivity contribution in [2.45, 2.75) is 12.5 Å². The first-order chi connectivity index (χ1) is 8.65. The third kappa shape index (κ3) is 4.08. The third-order valence-electron chi connectivity index (χ3n) is 2.62. The van der Waals surface area contributed by atoms with Crippen molar-refractivity contribution in [1.29, 1.82) is 0 Å². The van der Waals surface area contributed by atoms with Gasteiger partial charge in [0.2, 0.25) is 5.91 Å². The van der Waals surface area contributed by atoms with Crippen LogP contribution < -0.4 is 10.6 Å². The maximum absolute atomic E-state index is 11.9. The number of anilines is 1. The molecule has 1 saturated heterocycles. The Morgan fingerprint density at radius 2 is 2.44 bits per heavy atom. The lowest BCUT2D eigenvalue weighted by Crippen LogP contribution is -2.40. The average molecular weight is 381 g/mol. The fourth-order valence-corrected chi connectivity index (χ4v) is 2.76. The van der Waals surface area contributed by atoms with E-state index in [4.69, 9.17) is 16.3 Å². The predicted molar refractivity (Wildman–Crippen MR) is 80.0 cm³/mol. The van der Waals surface area contributed by atoms with Crippen molar-refractivity contribution in [3.63, 3.8) is 0 Å². The van der Waals surface area contributed by atoms with Gasteiger partial charge in [0.15, 0.2) is 0 Å². The van der Waals surface area contributed by atoms with Gasteiger partial charge in [0, 0.05) is 21.7 Å². The van der Waals surface area contributed by atoms with E-state index in [1.165, 1.54) is 0 Å². The SMILES string of the molecule is O=C(CC1CNCCO1)Nc1ccc(Cl)cc1I. The van der Waals surface area contributed by atoms with Gasteiger partial charge >= 0.3 is 0 Å². The molecule has 0 radical (unpaired) electrons. The van der Waals surface area contributed by atoms with E-state index >= 15 is 0 Å². The summed E-state index contributed by atoms with van der Waals surface area (Å²) in [4.78, 5) is 11.9. The van der Waals surface area contributed by atoms with Gasteiger partial charge in [0.05, 0.1) is 24.8 Å². The van der Waals surface area contributed by atoms with E-state index in [-0.39, 0.29) is 12.0 Å². The fraction of sp³-hybridized carbons (Fsp3) is 0.417. The van der Waals surface area contributed by atoms with Gasteiger partial charge in [-0.15, -0.1) is 0 Å². The van der Waals surface area contributed by atoms with Crippen LogP contribution in [0.15, 0.2) is 18.2 Å². The maximum Gasteiger partial charge on any atom is 0.227 e. The van der Waals surface area contributed by atoms with Gasteiger partial charge in [-0.2, -0.15) is 0 Å². The zero-order valence-electron chi connectivity index (χ0n) is 9.71. The second kappa shape index (κ2) is 6.70. The Morgan fingerprint density at radius 3 is 3.11 bits per heavy atom. The van der Waals surface area contributed by atoms with Gasteiger partial charge in [-0.05, 0) is 40.8 Å². The lowest BCUT2D eigenvalue weighted by atomic mass is 10.2. The fourth-order valence-electron chi connectivity index (χ4n) is 1.75. The monoisotopic (exact) mass is 380 g/mol. The molecule has 1 unspecified atom stereocenters. The normalized spacial score (nSPS) is 19.6. The second-order valence-electron chi connectivity index (χ2n) is 4.07. The highest BCUT2D eigenvalue weighted by molar-refractivity contribution is 14.1. The van der Waals surface area contributed by atoms with E-state index < -0.39 is 0 Å². The number of morpholine rings is 1. The molecule has 1 heterocycles. The summed E-state index contributed by atoms with van der Waals surface area (Å²) in [5.74, 6) is -0.0380. The number of hydrogen-bond donors (Lipinski definition) is 2. The molecule has 1 fully saturated rings. The molecule has 1 aliphatic rings. The number of nitrogens with one attached hydrogen (secondary N) is 2. The van der Waals surface area contributed by atoms with E-state index in [0.29, 0.717) is 18.1 Å². The van der Waals surface area contributed by atoms with Crippen molar-refractivity contribution in [2.75, 3.05) is 25.0 Å². The summed E-state index contributed by atoms with van der Waals surface area (Å²) >= 11 is 8.01. The predicted octanol–water partition coefficient (Wildman–Crippen LogP) is 2.26. The minimum Gasteiger partial charge on any atom is -0.375 e. The van der Waals surface area contributed by atoms with E-state index in [2.05, 4.69) is 33.2 Å². The van der Waals surface area contributed by atoms with Gasteiger partial charge in [-0.3, -0.25) is 4.79 Å². The van der Waals surface area contributed by atoms with Crippen LogP contribution in [0.4, 0.5) is 5.69 Å². The highest BCUT2D eigenvalue weighted by atomic mass is 127. The molecule has 0 bridgehead atoms. The summed E-state index contributed by atoms with van der Waals surface area (Å²) in [7, 11) is 0. The molecule has 1 aliphatic heterocycles. The molecule has 1 atom stereocenters. The quantitative estimate of drug-likeness (QED) is 0.791. The Hall–Kier alpha value is -0.370. The van der Waals surface area contributed by atoms with Crippen molar-refractivity contribution >= 4 is 45.8 Å². The molecule has 2 rings (SSSR count). The van der Waals surface area contributed by atoms with Crippen LogP contribution >= 0.6 is 34.2 Å². The van der Waals surface area contributed by atoms with Crippen LogP contribution in [0.3, 0.4) is 0 Å². The molecular weight excluding hydrogens is 367 g/mol. The Bertz CT molecular complexity index is 436. The molecule has 2 N–H and O–H groups in total. The van der Waals surface area contributed by atoms with Gasteiger partial charge < -0.3 is 15.4 Å². The van der Waals surface area contributed by atoms with Crippen molar-refractivity contribution in [3.05, 3.63) is 26.8 Å². The van der Waals surface area contributed by atoms with Crippen molar-refractivity contribution in [2.24, 2.45) is 0 Å². The molecule has 1 aromatic rings. The Morgan fingerprint density at radius 1 is 1.61 bits per heavy atom. The molecule has 0 aromatic heterocycles. The molecule has 1 amide bonds. The van der Waals surface area contributed by atoms with Crippen LogP contribution in [0.25, 0.3) is 0 Å². The number of carbonyl (C=O) groups is 1. The summed E-state index contributed by atoms with van der Waals surface area (Å²) < 4.78 is 6.42. The zero-order valence-corrected chi connectivity index (χ0v) is 12.6. The number of benzene rings is 1. The smallest absolute Gasteiger partial charge is 0.227 e. The van der Waals surface area contributed by atoms with Gasteiger partial charge in [0.25, 0.3) is 0 Å². The van der Waals surface area contributed by atoms with Crippen molar-refractivity contribution < 1.29 is 9.53 Å². The second-order valence-corrected chi connectivity index (χ2v) is 5.67. The number of rotatable bonds is 3. The highest BCUT2D eigenvalue weighted by Gasteiger charge is 2.17. The van der Waals surface area contributed by atoms with Crippen LogP contribution in [-0.2, 0) is 9.53 Å². The first kappa shape index (κ1) is 14.0. The zero-order chi connectivity index (χ0) is 13.0. The summed E-state index contributed by atoms with van der Waals surface area (Å²) in [5, 5.41) is 6.73.